The number of halogens is 1. The predicted octanol–water partition coefficient (Wildman–Crippen LogP) is 3.36. The minimum Gasteiger partial charge on any atom is -0.355 e. The standard InChI is InChI=1S/C14H22BrN3/c1-5-6-16-8-12-7-13(15)9-17-14(12)18(4)10-11(2)3/h7,9,16H,2,5-6,8,10H2,1,3-4H3. The smallest absolute Gasteiger partial charge is 0.133 e. The molecule has 0 spiro atoms. The van der Waals surface area contributed by atoms with Crippen LogP contribution in [-0.4, -0.2) is 25.1 Å². The van der Waals surface area contributed by atoms with Crippen LogP contribution >= 0.6 is 15.9 Å². The van der Waals surface area contributed by atoms with Gasteiger partial charge in [0, 0.05) is 36.4 Å². The number of nitrogens with zero attached hydrogens (tertiary/aromatic N) is 2. The molecule has 1 aromatic rings. The van der Waals surface area contributed by atoms with Crippen LogP contribution in [0.1, 0.15) is 25.8 Å². The molecule has 0 aliphatic heterocycles. The van der Waals surface area contributed by atoms with Gasteiger partial charge in [-0.1, -0.05) is 19.1 Å². The first-order valence-electron chi connectivity index (χ1n) is 6.25. The molecular weight excluding hydrogens is 290 g/mol. The Morgan fingerprint density at radius 3 is 2.89 bits per heavy atom. The normalized spacial score (nSPS) is 10.4. The molecule has 100 valence electrons. The lowest BCUT2D eigenvalue weighted by Gasteiger charge is -2.21. The van der Waals surface area contributed by atoms with Gasteiger partial charge in [-0.2, -0.15) is 0 Å². The third kappa shape index (κ3) is 4.78. The second-order valence-electron chi connectivity index (χ2n) is 4.63. The van der Waals surface area contributed by atoms with Crippen LogP contribution in [0.25, 0.3) is 0 Å². The Balaban J connectivity index is 2.84. The Morgan fingerprint density at radius 1 is 1.56 bits per heavy atom. The fraction of sp³-hybridized carbons (Fsp3) is 0.500. The fourth-order valence-corrected chi connectivity index (χ4v) is 2.21. The zero-order chi connectivity index (χ0) is 13.5. The summed E-state index contributed by atoms with van der Waals surface area (Å²) < 4.78 is 1.02. The van der Waals surface area contributed by atoms with Crippen molar-refractivity contribution in [2.75, 3.05) is 25.0 Å². The van der Waals surface area contributed by atoms with Crippen molar-refractivity contribution in [1.29, 1.82) is 0 Å². The van der Waals surface area contributed by atoms with E-state index in [1.807, 2.05) is 20.2 Å². The van der Waals surface area contributed by atoms with E-state index in [1.165, 1.54) is 5.56 Å². The van der Waals surface area contributed by atoms with E-state index in [2.05, 4.69) is 50.7 Å². The van der Waals surface area contributed by atoms with E-state index in [0.29, 0.717) is 0 Å². The van der Waals surface area contributed by atoms with Crippen molar-refractivity contribution in [1.82, 2.24) is 10.3 Å². The quantitative estimate of drug-likeness (QED) is 0.618. The Kier molecular flexibility index (Phi) is 6.36. The van der Waals surface area contributed by atoms with Gasteiger partial charge in [0.25, 0.3) is 0 Å². The molecule has 0 atom stereocenters. The van der Waals surface area contributed by atoms with Crippen LogP contribution in [0.2, 0.25) is 0 Å². The molecule has 1 aromatic heterocycles. The molecule has 0 aliphatic rings. The highest BCUT2D eigenvalue weighted by Gasteiger charge is 2.09. The average Bonchev–Trinajstić information content (AvgIpc) is 2.28. The molecule has 1 heterocycles. The van der Waals surface area contributed by atoms with E-state index in [9.17, 15) is 0 Å². The molecule has 0 saturated carbocycles. The first kappa shape index (κ1) is 15.2. The van der Waals surface area contributed by atoms with E-state index in [4.69, 9.17) is 0 Å². The van der Waals surface area contributed by atoms with E-state index >= 15 is 0 Å². The number of likely N-dealkylation sites (N-methyl/N-ethyl adjacent to an activating group) is 1. The van der Waals surface area contributed by atoms with Crippen LogP contribution in [0.3, 0.4) is 0 Å². The topological polar surface area (TPSA) is 28.2 Å². The Bertz CT molecular complexity index is 404. The summed E-state index contributed by atoms with van der Waals surface area (Å²) in [5.74, 6) is 1.02. The van der Waals surface area contributed by atoms with E-state index < -0.39 is 0 Å². The van der Waals surface area contributed by atoms with Gasteiger partial charge in [0.1, 0.15) is 5.82 Å². The first-order chi connectivity index (χ1) is 8.54. The van der Waals surface area contributed by atoms with Crippen LogP contribution in [0.5, 0.6) is 0 Å². The second-order valence-corrected chi connectivity index (χ2v) is 5.54. The Morgan fingerprint density at radius 2 is 2.28 bits per heavy atom. The third-order valence-electron chi connectivity index (χ3n) is 2.52. The largest absolute Gasteiger partial charge is 0.355 e. The van der Waals surface area contributed by atoms with Crippen molar-refractivity contribution in [3.8, 4) is 0 Å². The summed E-state index contributed by atoms with van der Waals surface area (Å²) in [6.45, 7) is 10.8. The molecule has 0 aromatic carbocycles. The van der Waals surface area contributed by atoms with Crippen molar-refractivity contribution >= 4 is 21.7 Å². The summed E-state index contributed by atoms with van der Waals surface area (Å²) in [6.07, 6.45) is 2.98. The Labute approximate surface area is 118 Å². The van der Waals surface area contributed by atoms with Crippen molar-refractivity contribution in [2.24, 2.45) is 0 Å². The van der Waals surface area contributed by atoms with Crippen molar-refractivity contribution in [3.63, 3.8) is 0 Å². The maximum Gasteiger partial charge on any atom is 0.133 e. The summed E-state index contributed by atoms with van der Waals surface area (Å²) in [5.41, 5.74) is 2.34. The summed E-state index contributed by atoms with van der Waals surface area (Å²) in [5, 5.41) is 3.42. The van der Waals surface area contributed by atoms with Gasteiger partial charge in [-0.25, -0.2) is 4.98 Å². The fourth-order valence-electron chi connectivity index (χ4n) is 1.83. The minimum absolute atomic E-state index is 0.829. The van der Waals surface area contributed by atoms with Crippen molar-refractivity contribution < 1.29 is 0 Å². The molecule has 0 unspecified atom stereocenters. The van der Waals surface area contributed by atoms with E-state index in [1.54, 1.807) is 0 Å². The minimum atomic E-state index is 0.829. The van der Waals surface area contributed by atoms with Gasteiger partial charge in [-0.05, 0) is 41.9 Å². The first-order valence-corrected chi connectivity index (χ1v) is 7.04. The molecular formula is C14H22BrN3. The summed E-state index contributed by atoms with van der Waals surface area (Å²) >= 11 is 3.48. The molecule has 0 aliphatic carbocycles. The number of hydrogen-bond acceptors (Lipinski definition) is 3. The van der Waals surface area contributed by atoms with Gasteiger partial charge in [0.2, 0.25) is 0 Å². The molecule has 0 amide bonds. The van der Waals surface area contributed by atoms with Gasteiger partial charge in [-0.15, -0.1) is 0 Å². The summed E-state index contributed by atoms with van der Waals surface area (Å²) in [7, 11) is 2.05. The van der Waals surface area contributed by atoms with Crippen LogP contribution in [0.4, 0.5) is 5.82 Å². The zero-order valence-electron chi connectivity index (χ0n) is 11.5. The highest BCUT2D eigenvalue weighted by atomic mass is 79.9. The zero-order valence-corrected chi connectivity index (χ0v) is 13.0. The molecule has 18 heavy (non-hydrogen) atoms. The number of anilines is 1. The lowest BCUT2D eigenvalue weighted by Crippen LogP contribution is -2.24. The summed E-state index contributed by atoms with van der Waals surface area (Å²) in [6, 6.07) is 2.12. The van der Waals surface area contributed by atoms with Crippen molar-refractivity contribution in [3.05, 3.63) is 34.5 Å². The highest BCUT2D eigenvalue weighted by Crippen LogP contribution is 2.21. The third-order valence-corrected chi connectivity index (χ3v) is 2.95. The van der Waals surface area contributed by atoms with Crippen LogP contribution in [0.15, 0.2) is 28.9 Å². The Hall–Kier alpha value is -0.870. The number of nitrogens with one attached hydrogen (secondary N) is 1. The number of hydrogen-bond donors (Lipinski definition) is 1. The molecule has 1 N–H and O–H groups in total. The van der Waals surface area contributed by atoms with Crippen LogP contribution in [-0.2, 0) is 6.54 Å². The lowest BCUT2D eigenvalue weighted by atomic mass is 10.2. The SMILES string of the molecule is C=C(C)CN(C)c1ncc(Br)cc1CNCCC. The highest BCUT2D eigenvalue weighted by molar-refractivity contribution is 9.10. The molecule has 0 fully saturated rings. The average molecular weight is 312 g/mol. The van der Waals surface area contributed by atoms with Gasteiger partial charge < -0.3 is 10.2 Å². The van der Waals surface area contributed by atoms with Crippen LogP contribution < -0.4 is 10.2 Å². The van der Waals surface area contributed by atoms with Gasteiger partial charge in [0.15, 0.2) is 0 Å². The van der Waals surface area contributed by atoms with Crippen LogP contribution in [0, 0.1) is 0 Å². The molecule has 3 nitrogen and oxygen atoms in total. The van der Waals surface area contributed by atoms with Gasteiger partial charge in [-0.3, -0.25) is 0 Å². The maximum absolute atomic E-state index is 4.51. The van der Waals surface area contributed by atoms with Gasteiger partial charge in [0.05, 0.1) is 0 Å². The number of aromatic nitrogens is 1. The van der Waals surface area contributed by atoms with Crippen molar-refractivity contribution in [2.45, 2.75) is 26.8 Å². The molecule has 0 bridgehead atoms. The lowest BCUT2D eigenvalue weighted by molar-refractivity contribution is 0.672. The predicted molar refractivity (Wildman–Crippen MR) is 82.0 cm³/mol. The molecule has 0 saturated heterocycles. The molecule has 0 radical (unpaired) electrons. The maximum atomic E-state index is 4.51. The molecule has 1 rings (SSSR count). The monoisotopic (exact) mass is 311 g/mol. The second kappa shape index (κ2) is 7.54. The number of rotatable bonds is 7. The van der Waals surface area contributed by atoms with Gasteiger partial charge >= 0.3 is 0 Å². The van der Waals surface area contributed by atoms with E-state index in [0.717, 1.165) is 41.9 Å². The number of pyridine rings is 1. The molecule has 4 heteroatoms. The summed E-state index contributed by atoms with van der Waals surface area (Å²) in [4.78, 5) is 6.64. The van der Waals surface area contributed by atoms with E-state index in [-0.39, 0.29) is 0 Å².